The number of aliphatic hydroxyl groups excluding tert-OH is 1. The Kier molecular flexibility index (Phi) is 4.99. The summed E-state index contributed by atoms with van der Waals surface area (Å²) in [5.74, 6) is -1.79. The van der Waals surface area contributed by atoms with Crippen molar-refractivity contribution >= 4 is 23.1 Å². The van der Waals surface area contributed by atoms with Gasteiger partial charge in [0.15, 0.2) is 0 Å². The molecule has 1 N–H and O–H groups in total. The lowest BCUT2D eigenvalue weighted by atomic mass is 9.99. The van der Waals surface area contributed by atoms with E-state index in [1.165, 1.54) is 35.4 Å². The van der Waals surface area contributed by atoms with Gasteiger partial charge in [-0.25, -0.2) is 4.39 Å². The number of benzene rings is 2. The number of rotatable bonds is 4. The topological polar surface area (TPSA) is 70.8 Å². The number of halogens is 1. The second-order valence-electron chi connectivity index (χ2n) is 7.44. The average molecular weight is 405 g/mol. The van der Waals surface area contributed by atoms with Gasteiger partial charge >= 0.3 is 0 Å². The number of furan rings is 1. The highest BCUT2D eigenvalue weighted by Gasteiger charge is 2.48. The Balaban J connectivity index is 1.87. The van der Waals surface area contributed by atoms with Crippen molar-refractivity contribution in [2.45, 2.75) is 25.8 Å². The van der Waals surface area contributed by atoms with Gasteiger partial charge in [0.1, 0.15) is 23.4 Å². The Bertz CT molecular complexity index is 1110. The fourth-order valence-electron chi connectivity index (χ4n) is 3.60. The van der Waals surface area contributed by atoms with E-state index in [-0.39, 0.29) is 16.9 Å². The highest BCUT2D eigenvalue weighted by Crippen LogP contribution is 2.42. The van der Waals surface area contributed by atoms with Gasteiger partial charge in [-0.2, -0.15) is 0 Å². The van der Waals surface area contributed by atoms with Crippen LogP contribution in [-0.2, 0) is 9.59 Å². The summed E-state index contributed by atoms with van der Waals surface area (Å²) in [5, 5.41) is 10.9. The number of ketones is 1. The van der Waals surface area contributed by atoms with Gasteiger partial charge in [0, 0.05) is 11.3 Å². The molecule has 0 radical (unpaired) electrons. The van der Waals surface area contributed by atoms with E-state index in [4.69, 9.17) is 4.42 Å². The molecule has 6 heteroatoms. The number of carbonyl (C=O) groups excluding carboxylic acids is 2. The van der Waals surface area contributed by atoms with Crippen LogP contribution in [0.1, 0.15) is 42.7 Å². The number of aliphatic hydroxyl groups is 1. The fraction of sp³-hybridized carbons (Fsp3) is 0.167. The second kappa shape index (κ2) is 7.63. The minimum Gasteiger partial charge on any atom is -0.507 e. The molecule has 1 aliphatic rings. The lowest BCUT2D eigenvalue weighted by Crippen LogP contribution is -2.29. The SMILES string of the molecule is CC(C)c1ccc(N2C(=O)C(=O)/C(=C(\O)c3ccc(F)cc3)C2c2ccco2)cc1. The maximum Gasteiger partial charge on any atom is 0.300 e. The van der Waals surface area contributed by atoms with Crippen molar-refractivity contribution in [3.8, 4) is 0 Å². The molecule has 4 rings (SSSR count). The standard InChI is InChI=1S/C24H20FNO4/c1-14(2)15-7-11-18(12-8-15)26-21(19-4-3-13-30-19)20(23(28)24(26)29)22(27)16-5-9-17(25)10-6-16/h3-14,21,27H,1-2H3/b22-20-. The van der Waals surface area contributed by atoms with Crippen LogP contribution in [0.3, 0.4) is 0 Å². The zero-order valence-electron chi connectivity index (χ0n) is 16.5. The van der Waals surface area contributed by atoms with Crippen LogP contribution in [0.25, 0.3) is 5.76 Å². The number of carbonyl (C=O) groups is 2. The average Bonchev–Trinajstić information content (AvgIpc) is 3.35. The Hall–Kier alpha value is -3.67. The Morgan fingerprint density at radius 1 is 1.03 bits per heavy atom. The van der Waals surface area contributed by atoms with Crippen LogP contribution in [-0.4, -0.2) is 16.8 Å². The van der Waals surface area contributed by atoms with Crippen molar-refractivity contribution < 1.29 is 23.5 Å². The first-order valence-corrected chi connectivity index (χ1v) is 9.58. The zero-order chi connectivity index (χ0) is 21.4. The molecule has 5 nitrogen and oxygen atoms in total. The third kappa shape index (κ3) is 3.30. The van der Waals surface area contributed by atoms with E-state index in [0.29, 0.717) is 17.4 Å². The molecule has 0 saturated carbocycles. The number of hydrogen-bond acceptors (Lipinski definition) is 4. The largest absolute Gasteiger partial charge is 0.507 e. The molecule has 0 spiro atoms. The van der Waals surface area contributed by atoms with Gasteiger partial charge < -0.3 is 9.52 Å². The first kappa shape index (κ1) is 19.6. The summed E-state index contributed by atoms with van der Waals surface area (Å²) in [6, 6.07) is 14.8. The quantitative estimate of drug-likeness (QED) is 0.369. The van der Waals surface area contributed by atoms with E-state index in [1.807, 2.05) is 12.1 Å². The molecule has 1 aliphatic heterocycles. The van der Waals surface area contributed by atoms with Crippen LogP contribution in [0.4, 0.5) is 10.1 Å². The monoisotopic (exact) mass is 405 g/mol. The molecule has 1 amide bonds. The molecule has 0 aliphatic carbocycles. The smallest absolute Gasteiger partial charge is 0.300 e. The predicted molar refractivity (Wildman–Crippen MR) is 110 cm³/mol. The number of anilines is 1. The number of Topliss-reactive ketones (excluding diaryl/α,β-unsaturated/α-hetero) is 1. The minimum atomic E-state index is -0.935. The summed E-state index contributed by atoms with van der Waals surface area (Å²) in [6.45, 7) is 4.12. The molecule has 2 heterocycles. The van der Waals surface area contributed by atoms with Crippen LogP contribution in [0.15, 0.2) is 76.9 Å². The van der Waals surface area contributed by atoms with E-state index in [0.717, 1.165) is 5.56 Å². The van der Waals surface area contributed by atoms with Crippen molar-refractivity contribution in [2.24, 2.45) is 0 Å². The van der Waals surface area contributed by atoms with Gasteiger partial charge in [0.05, 0.1) is 11.8 Å². The van der Waals surface area contributed by atoms with Crippen LogP contribution < -0.4 is 4.90 Å². The molecular weight excluding hydrogens is 385 g/mol. The van der Waals surface area contributed by atoms with Gasteiger partial charge in [-0.05, 0) is 60.0 Å². The number of hydrogen-bond donors (Lipinski definition) is 1. The molecule has 2 aromatic carbocycles. The molecule has 1 unspecified atom stereocenters. The third-order valence-electron chi connectivity index (χ3n) is 5.21. The maximum atomic E-state index is 13.3. The van der Waals surface area contributed by atoms with Gasteiger partial charge in [-0.15, -0.1) is 0 Å². The summed E-state index contributed by atoms with van der Waals surface area (Å²) in [4.78, 5) is 27.2. The van der Waals surface area contributed by atoms with E-state index >= 15 is 0 Å². The van der Waals surface area contributed by atoms with Crippen molar-refractivity contribution in [1.29, 1.82) is 0 Å². The van der Waals surface area contributed by atoms with Crippen LogP contribution in [0.2, 0.25) is 0 Å². The Morgan fingerprint density at radius 3 is 2.27 bits per heavy atom. The molecule has 1 saturated heterocycles. The van der Waals surface area contributed by atoms with E-state index in [2.05, 4.69) is 13.8 Å². The van der Waals surface area contributed by atoms with Gasteiger partial charge in [-0.3, -0.25) is 14.5 Å². The third-order valence-corrected chi connectivity index (χ3v) is 5.21. The summed E-state index contributed by atoms with van der Waals surface area (Å²) >= 11 is 0. The summed E-state index contributed by atoms with van der Waals surface area (Å²) < 4.78 is 18.8. The lowest BCUT2D eigenvalue weighted by molar-refractivity contribution is -0.132. The Morgan fingerprint density at radius 2 is 1.70 bits per heavy atom. The van der Waals surface area contributed by atoms with Crippen molar-refractivity contribution in [3.63, 3.8) is 0 Å². The number of amides is 1. The van der Waals surface area contributed by atoms with E-state index in [1.54, 1.807) is 24.3 Å². The maximum absolute atomic E-state index is 13.3. The van der Waals surface area contributed by atoms with Gasteiger partial charge in [0.25, 0.3) is 11.7 Å². The summed E-state index contributed by atoms with van der Waals surface area (Å²) in [6.07, 6.45) is 1.44. The van der Waals surface area contributed by atoms with Crippen molar-refractivity contribution in [1.82, 2.24) is 0 Å². The van der Waals surface area contributed by atoms with Crippen molar-refractivity contribution in [3.05, 3.63) is 95.2 Å². The summed E-state index contributed by atoms with van der Waals surface area (Å²) in [7, 11) is 0. The predicted octanol–water partition coefficient (Wildman–Crippen LogP) is 5.17. The second-order valence-corrected chi connectivity index (χ2v) is 7.44. The lowest BCUT2D eigenvalue weighted by Gasteiger charge is -2.23. The normalized spacial score (nSPS) is 18.4. The van der Waals surface area contributed by atoms with E-state index in [9.17, 15) is 19.1 Å². The highest BCUT2D eigenvalue weighted by atomic mass is 19.1. The minimum absolute atomic E-state index is 0.102. The Labute approximate surface area is 173 Å². The molecule has 30 heavy (non-hydrogen) atoms. The first-order chi connectivity index (χ1) is 14.4. The van der Waals surface area contributed by atoms with Gasteiger partial charge in [0.2, 0.25) is 0 Å². The van der Waals surface area contributed by atoms with E-state index < -0.39 is 23.5 Å². The van der Waals surface area contributed by atoms with Crippen LogP contribution >= 0.6 is 0 Å². The van der Waals surface area contributed by atoms with Gasteiger partial charge in [-0.1, -0.05) is 26.0 Å². The number of nitrogens with zero attached hydrogens (tertiary/aromatic N) is 1. The molecule has 1 atom stereocenters. The van der Waals surface area contributed by atoms with Crippen molar-refractivity contribution in [2.75, 3.05) is 4.90 Å². The molecule has 0 bridgehead atoms. The molecule has 1 fully saturated rings. The molecular formula is C24H20FNO4. The highest BCUT2D eigenvalue weighted by molar-refractivity contribution is 6.51. The fourth-order valence-corrected chi connectivity index (χ4v) is 3.60. The van der Waals surface area contributed by atoms with Crippen LogP contribution in [0.5, 0.6) is 0 Å². The van der Waals surface area contributed by atoms with Crippen LogP contribution in [0, 0.1) is 5.82 Å². The summed E-state index contributed by atoms with van der Waals surface area (Å²) in [5.41, 5.74) is 1.74. The molecule has 152 valence electrons. The molecule has 3 aromatic rings. The molecule has 1 aromatic heterocycles. The zero-order valence-corrected chi connectivity index (χ0v) is 16.5. The first-order valence-electron chi connectivity index (χ1n) is 9.58.